The summed E-state index contributed by atoms with van der Waals surface area (Å²) < 4.78 is 4.60. The molecule has 0 saturated heterocycles. The van der Waals surface area contributed by atoms with Crippen LogP contribution in [-0.4, -0.2) is 11.2 Å². The maximum absolute atomic E-state index is 11.6. The first-order valence-electron chi connectivity index (χ1n) is 5.49. The highest BCUT2D eigenvalue weighted by Gasteiger charge is 2.05. The Morgan fingerprint density at radius 2 is 2.00 bits per heavy atom. The van der Waals surface area contributed by atoms with E-state index in [1.54, 1.807) is 18.2 Å². The van der Waals surface area contributed by atoms with E-state index in [1.807, 2.05) is 19.1 Å². The van der Waals surface area contributed by atoms with Crippen LogP contribution in [0.1, 0.15) is 18.5 Å². The largest absolute Gasteiger partial charge is 0.363 e. The standard InChI is InChI=1S/C12H14N4O2/c1-8(13)9-2-4-10(5-3-9)14-12(17)15-11-6-7-18-16-11/h2-8H,13H2,1H3,(H2,14,15,16,17). The normalized spacial score (nSPS) is 11.9. The van der Waals surface area contributed by atoms with E-state index >= 15 is 0 Å². The van der Waals surface area contributed by atoms with Crippen molar-refractivity contribution in [1.82, 2.24) is 5.16 Å². The van der Waals surface area contributed by atoms with Crippen molar-refractivity contribution in [3.8, 4) is 0 Å². The molecule has 0 fully saturated rings. The van der Waals surface area contributed by atoms with Crippen LogP contribution in [0.2, 0.25) is 0 Å². The Morgan fingerprint density at radius 3 is 2.56 bits per heavy atom. The molecule has 6 heteroatoms. The molecule has 0 spiro atoms. The zero-order valence-corrected chi connectivity index (χ0v) is 9.88. The lowest BCUT2D eigenvalue weighted by molar-refractivity contribution is 0.262. The van der Waals surface area contributed by atoms with Crippen molar-refractivity contribution in [1.29, 1.82) is 0 Å². The van der Waals surface area contributed by atoms with Gasteiger partial charge in [0.15, 0.2) is 5.82 Å². The van der Waals surface area contributed by atoms with E-state index in [4.69, 9.17) is 5.73 Å². The summed E-state index contributed by atoms with van der Waals surface area (Å²) >= 11 is 0. The molecule has 1 aromatic heterocycles. The maximum Gasteiger partial charge on any atom is 0.324 e. The fourth-order valence-corrected chi connectivity index (χ4v) is 1.43. The molecular formula is C12H14N4O2. The highest BCUT2D eigenvalue weighted by Crippen LogP contribution is 2.14. The molecule has 1 atom stereocenters. The highest BCUT2D eigenvalue weighted by atomic mass is 16.5. The number of hydrogen-bond donors (Lipinski definition) is 3. The van der Waals surface area contributed by atoms with E-state index in [0.717, 1.165) is 5.56 Å². The van der Waals surface area contributed by atoms with Crippen LogP contribution in [0.5, 0.6) is 0 Å². The van der Waals surface area contributed by atoms with Crippen molar-refractivity contribution >= 4 is 17.5 Å². The van der Waals surface area contributed by atoms with Crippen molar-refractivity contribution < 1.29 is 9.32 Å². The average Bonchev–Trinajstić information content (AvgIpc) is 2.82. The monoisotopic (exact) mass is 246 g/mol. The van der Waals surface area contributed by atoms with Crippen LogP contribution in [0.4, 0.5) is 16.3 Å². The SMILES string of the molecule is CC(N)c1ccc(NC(=O)Nc2ccon2)cc1. The zero-order chi connectivity index (χ0) is 13.0. The molecule has 6 nitrogen and oxygen atoms in total. The fourth-order valence-electron chi connectivity index (χ4n) is 1.43. The van der Waals surface area contributed by atoms with Gasteiger partial charge in [-0.15, -0.1) is 0 Å². The number of nitrogens with two attached hydrogens (primary N) is 1. The first kappa shape index (κ1) is 12.1. The first-order chi connectivity index (χ1) is 8.65. The summed E-state index contributed by atoms with van der Waals surface area (Å²) in [7, 11) is 0. The summed E-state index contributed by atoms with van der Waals surface area (Å²) in [4.78, 5) is 11.6. The third-order valence-corrected chi connectivity index (χ3v) is 2.37. The molecule has 0 aliphatic heterocycles. The summed E-state index contributed by atoms with van der Waals surface area (Å²) in [5.74, 6) is 0.361. The summed E-state index contributed by atoms with van der Waals surface area (Å²) in [6, 6.07) is 8.48. The van der Waals surface area contributed by atoms with Crippen molar-refractivity contribution in [2.24, 2.45) is 5.73 Å². The third kappa shape index (κ3) is 3.08. The number of amides is 2. The minimum absolute atomic E-state index is 0.0250. The predicted octanol–water partition coefficient (Wildman–Crippen LogP) is 2.34. The maximum atomic E-state index is 11.6. The van der Waals surface area contributed by atoms with E-state index in [0.29, 0.717) is 11.5 Å². The number of hydrogen-bond acceptors (Lipinski definition) is 4. The van der Waals surface area contributed by atoms with Crippen LogP contribution < -0.4 is 16.4 Å². The second kappa shape index (κ2) is 5.33. The van der Waals surface area contributed by atoms with Crippen LogP contribution >= 0.6 is 0 Å². The van der Waals surface area contributed by atoms with Gasteiger partial charge in [-0.05, 0) is 24.6 Å². The molecule has 0 aliphatic rings. The van der Waals surface area contributed by atoms with Crippen molar-refractivity contribution in [3.05, 3.63) is 42.2 Å². The molecule has 0 bridgehead atoms. The van der Waals surface area contributed by atoms with Gasteiger partial charge in [0, 0.05) is 17.8 Å². The molecule has 0 aliphatic carbocycles. The number of benzene rings is 1. The van der Waals surface area contributed by atoms with Gasteiger partial charge in [-0.25, -0.2) is 4.79 Å². The molecule has 1 heterocycles. The molecule has 18 heavy (non-hydrogen) atoms. The van der Waals surface area contributed by atoms with Gasteiger partial charge in [-0.3, -0.25) is 5.32 Å². The Bertz CT molecular complexity index is 505. The lowest BCUT2D eigenvalue weighted by Gasteiger charge is -2.08. The fraction of sp³-hybridized carbons (Fsp3) is 0.167. The van der Waals surface area contributed by atoms with Gasteiger partial charge in [0.2, 0.25) is 0 Å². The lowest BCUT2D eigenvalue weighted by Crippen LogP contribution is -2.19. The Morgan fingerprint density at radius 1 is 1.28 bits per heavy atom. The zero-order valence-electron chi connectivity index (χ0n) is 9.88. The second-order valence-electron chi connectivity index (χ2n) is 3.87. The number of urea groups is 1. The molecular weight excluding hydrogens is 232 g/mol. The number of rotatable bonds is 3. The molecule has 4 N–H and O–H groups in total. The van der Waals surface area contributed by atoms with Gasteiger partial charge in [0.05, 0.1) is 0 Å². The smallest absolute Gasteiger partial charge is 0.324 e. The van der Waals surface area contributed by atoms with Gasteiger partial charge >= 0.3 is 6.03 Å². The molecule has 0 radical (unpaired) electrons. The second-order valence-corrected chi connectivity index (χ2v) is 3.87. The Labute approximate surface area is 104 Å². The lowest BCUT2D eigenvalue weighted by atomic mass is 10.1. The summed E-state index contributed by atoms with van der Waals surface area (Å²) in [5.41, 5.74) is 7.43. The molecule has 2 aromatic rings. The molecule has 2 rings (SSSR count). The van der Waals surface area contributed by atoms with Crippen LogP contribution in [-0.2, 0) is 0 Å². The molecule has 1 aromatic carbocycles. The van der Waals surface area contributed by atoms with Gasteiger partial charge < -0.3 is 15.6 Å². The quantitative estimate of drug-likeness (QED) is 0.774. The van der Waals surface area contributed by atoms with Crippen LogP contribution in [0.3, 0.4) is 0 Å². The topological polar surface area (TPSA) is 93.2 Å². The highest BCUT2D eigenvalue weighted by molar-refractivity contribution is 5.99. The van der Waals surface area contributed by atoms with Gasteiger partial charge in [0.25, 0.3) is 0 Å². The minimum Gasteiger partial charge on any atom is -0.363 e. The Hall–Kier alpha value is -2.34. The van der Waals surface area contributed by atoms with E-state index in [1.165, 1.54) is 6.26 Å². The number of nitrogens with zero attached hydrogens (tertiary/aromatic N) is 1. The molecule has 94 valence electrons. The van der Waals surface area contributed by atoms with E-state index in [-0.39, 0.29) is 12.1 Å². The molecule has 0 saturated carbocycles. The average molecular weight is 246 g/mol. The minimum atomic E-state index is -0.377. The van der Waals surface area contributed by atoms with E-state index in [2.05, 4.69) is 20.3 Å². The number of nitrogens with one attached hydrogen (secondary N) is 2. The summed E-state index contributed by atoms with van der Waals surface area (Å²) in [5, 5.41) is 8.77. The molecule has 2 amide bonds. The summed E-state index contributed by atoms with van der Waals surface area (Å²) in [6.07, 6.45) is 1.38. The Kier molecular flexibility index (Phi) is 3.59. The number of carbonyl (C=O) groups is 1. The Balaban J connectivity index is 1.95. The summed E-state index contributed by atoms with van der Waals surface area (Å²) in [6.45, 7) is 1.90. The van der Waals surface area contributed by atoms with Crippen molar-refractivity contribution in [3.63, 3.8) is 0 Å². The number of carbonyl (C=O) groups excluding carboxylic acids is 1. The van der Waals surface area contributed by atoms with Crippen molar-refractivity contribution in [2.45, 2.75) is 13.0 Å². The first-order valence-corrected chi connectivity index (χ1v) is 5.49. The van der Waals surface area contributed by atoms with Crippen LogP contribution in [0.15, 0.2) is 41.1 Å². The van der Waals surface area contributed by atoms with Crippen molar-refractivity contribution in [2.75, 3.05) is 10.6 Å². The molecule has 1 unspecified atom stereocenters. The van der Waals surface area contributed by atoms with E-state index < -0.39 is 0 Å². The van der Waals surface area contributed by atoms with Crippen LogP contribution in [0.25, 0.3) is 0 Å². The number of aromatic nitrogens is 1. The van der Waals surface area contributed by atoms with E-state index in [9.17, 15) is 4.79 Å². The van der Waals surface area contributed by atoms with Crippen LogP contribution in [0, 0.1) is 0 Å². The number of anilines is 2. The predicted molar refractivity (Wildman–Crippen MR) is 68.2 cm³/mol. The van der Waals surface area contributed by atoms with Gasteiger partial charge in [-0.1, -0.05) is 17.3 Å². The third-order valence-electron chi connectivity index (χ3n) is 2.37. The van der Waals surface area contributed by atoms with Gasteiger partial charge in [-0.2, -0.15) is 0 Å². The van der Waals surface area contributed by atoms with Gasteiger partial charge in [0.1, 0.15) is 6.26 Å².